The van der Waals surface area contributed by atoms with Gasteiger partial charge in [-0.2, -0.15) is 0 Å². The van der Waals surface area contributed by atoms with Gasteiger partial charge in [-0.25, -0.2) is 4.79 Å². The number of rotatable bonds is 1. The van der Waals surface area contributed by atoms with Crippen LogP contribution in [0.15, 0.2) is 18.2 Å². The third kappa shape index (κ3) is 2.78. The molecule has 0 aliphatic carbocycles. The van der Waals surface area contributed by atoms with Crippen LogP contribution >= 0.6 is 0 Å². The second kappa shape index (κ2) is 6.49. The zero-order valence-electron chi connectivity index (χ0n) is 17.5. The molecule has 0 bridgehead atoms. The van der Waals surface area contributed by atoms with Gasteiger partial charge < -0.3 is 9.80 Å². The van der Waals surface area contributed by atoms with Gasteiger partial charge in [-0.3, -0.25) is 29.9 Å². The summed E-state index contributed by atoms with van der Waals surface area (Å²) in [4.78, 5) is 55.7. The molecular weight excluding hydrogens is 390 g/mol. The van der Waals surface area contributed by atoms with Crippen molar-refractivity contribution >= 4 is 29.2 Å². The number of piperazine rings is 1. The van der Waals surface area contributed by atoms with Crippen LogP contribution in [0, 0.1) is 15.5 Å². The number of likely N-dealkylation sites (N-methyl/N-ethyl adjacent to an activating group) is 1. The summed E-state index contributed by atoms with van der Waals surface area (Å²) in [6.07, 6.45) is 0.00352. The van der Waals surface area contributed by atoms with E-state index in [0.29, 0.717) is 18.7 Å². The number of nitrogens with one attached hydrogen (secondary N) is 1. The van der Waals surface area contributed by atoms with Gasteiger partial charge in [0.15, 0.2) is 5.41 Å². The normalized spacial score (nSPS) is 27.1. The van der Waals surface area contributed by atoms with Crippen LogP contribution in [-0.4, -0.2) is 70.8 Å². The number of carbonyl (C=O) groups is 3. The molecule has 2 saturated heterocycles. The highest BCUT2D eigenvalue weighted by Gasteiger charge is 2.64. The van der Waals surface area contributed by atoms with E-state index in [2.05, 4.69) is 10.2 Å². The van der Waals surface area contributed by atoms with Crippen molar-refractivity contribution in [2.45, 2.75) is 38.8 Å². The second-order valence-electron chi connectivity index (χ2n) is 9.26. The molecule has 160 valence electrons. The summed E-state index contributed by atoms with van der Waals surface area (Å²) in [5.41, 5.74) is -1.11. The van der Waals surface area contributed by atoms with Gasteiger partial charge in [-0.15, -0.1) is 0 Å². The summed E-state index contributed by atoms with van der Waals surface area (Å²) in [6.45, 7) is 6.96. The molecular formula is C20H25N5O5. The van der Waals surface area contributed by atoms with Crippen molar-refractivity contribution < 1.29 is 19.3 Å². The average molecular weight is 415 g/mol. The second-order valence-corrected chi connectivity index (χ2v) is 9.26. The largest absolute Gasteiger partial charge is 0.364 e. The van der Waals surface area contributed by atoms with Crippen LogP contribution in [0.25, 0.3) is 0 Å². The van der Waals surface area contributed by atoms with Crippen molar-refractivity contribution in [3.8, 4) is 0 Å². The molecule has 4 amide bonds. The van der Waals surface area contributed by atoms with Gasteiger partial charge in [0.05, 0.1) is 11.0 Å². The Morgan fingerprint density at radius 2 is 1.90 bits per heavy atom. The third-order valence-electron chi connectivity index (χ3n) is 6.29. The number of anilines is 1. The van der Waals surface area contributed by atoms with Crippen LogP contribution < -0.4 is 10.2 Å². The highest BCUT2D eigenvalue weighted by atomic mass is 16.6. The maximum absolute atomic E-state index is 13.8. The predicted molar refractivity (Wildman–Crippen MR) is 108 cm³/mol. The molecule has 1 N–H and O–H groups in total. The van der Waals surface area contributed by atoms with Crippen molar-refractivity contribution in [3.05, 3.63) is 33.9 Å². The molecule has 0 aromatic heterocycles. The summed E-state index contributed by atoms with van der Waals surface area (Å²) in [6, 6.07) is 3.35. The molecule has 2 unspecified atom stereocenters. The number of benzene rings is 1. The number of hydrogen-bond donors (Lipinski definition) is 1. The smallest absolute Gasteiger partial charge is 0.331 e. The molecule has 10 nitrogen and oxygen atoms in total. The highest BCUT2D eigenvalue weighted by molar-refractivity contribution is 6.20. The maximum atomic E-state index is 13.8. The van der Waals surface area contributed by atoms with Gasteiger partial charge in [0.1, 0.15) is 0 Å². The highest BCUT2D eigenvalue weighted by Crippen LogP contribution is 2.47. The van der Waals surface area contributed by atoms with Crippen molar-refractivity contribution in [2.75, 3.05) is 31.6 Å². The van der Waals surface area contributed by atoms with E-state index in [1.807, 2.05) is 11.9 Å². The Morgan fingerprint density at radius 3 is 2.53 bits per heavy atom. The molecule has 1 aromatic rings. The summed E-state index contributed by atoms with van der Waals surface area (Å²) >= 11 is 0. The van der Waals surface area contributed by atoms with Crippen LogP contribution in [0.3, 0.4) is 0 Å². The number of urea groups is 1. The number of carbonyl (C=O) groups excluding carboxylic acids is 3. The predicted octanol–water partition coefficient (Wildman–Crippen LogP) is 1.13. The van der Waals surface area contributed by atoms with E-state index in [0.717, 1.165) is 17.1 Å². The number of nitrogens with zero attached hydrogens (tertiary/aromatic N) is 4. The van der Waals surface area contributed by atoms with Crippen LogP contribution in [0.4, 0.5) is 16.2 Å². The molecule has 2 fully saturated rings. The average Bonchev–Trinajstić information content (AvgIpc) is 2.64. The summed E-state index contributed by atoms with van der Waals surface area (Å²) in [5, 5.41) is 13.7. The van der Waals surface area contributed by atoms with Crippen LogP contribution in [0.1, 0.15) is 26.3 Å². The van der Waals surface area contributed by atoms with E-state index in [9.17, 15) is 24.5 Å². The number of non-ortho nitro benzene ring substituents is 1. The van der Waals surface area contributed by atoms with Crippen molar-refractivity contribution in [1.29, 1.82) is 0 Å². The Kier molecular flexibility index (Phi) is 4.39. The minimum Gasteiger partial charge on any atom is -0.364 e. The van der Waals surface area contributed by atoms with Crippen LogP contribution in [0.5, 0.6) is 0 Å². The van der Waals surface area contributed by atoms with Crippen LogP contribution in [0.2, 0.25) is 0 Å². The molecule has 1 spiro atoms. The molecule has 30 heavy (non-hydrogen) atoms. The van der Waals surface area contributed by atoms with Crippen LogP contribution in [-0.2, 0) is 16.0 Å². The van der Waals surface area contributed by atoms with Gasteiger partial charge in [0.25, 0.3) is 5.69 Å². The first-order valence-corrected chi connectivity index (χ1v) is 9.89. The molecule has 4 rings (SSSR count). The van der Waals surface area contributed by atoms with Crippen molar-refractivity contribution in [1.82, 2.24) is 15.1 Å². The lowest BCUT2D eigenvalue weighted by molar-refractivity contribution is -0.384. The zero-order valence-corrected chi connectivity index (χ0v) is 17.5. The fraction of sp³-hybridized carbons (Fsp3) is 0.550. The van der Waals surface area contributed by atoms with Crippen molar-refractivity contribution in [2.24, 2.45) is 5.41 Å². The first kappa shape index (κ1) is 20.3. The number of fused-ring (bicyclic) bond motifs is 4. The summed E-state index contributed by atoms with van der Waals surface area (Å²) in [5.74, 6) is -1.19. The van der Waals surface area contributed by atoms with Gasteiger partial charge in [0, 0.05) is 49.4 Å². The first-order valence-electron chi connectivity index (χ1n) is 9.89. The number of nitro groups is 1. The number of hydrogen-bond acceptors (Lipinski definition) is 7. The minimum atomic E-state index is -1.54. The van der Waals surface area contributed by atoms with E-state index in [-0.39, 0.29) is 12.1 Å². The number of nitro benzene ring substituents is 1. The van der Waals surface area contributed by atoms with Gasteiger partial charge in [-0.05, 0) is 39.4 Å². The lowest BCUT2D eigenvalue weighted by atomic mass is 9.67. The molecule has 3 heterocycles. The van der Waals surface area contributed by atoms with E-state index >= 15 is 0 Å². The Labute approximate surface area is 173 Å². The van der Waals surface area contributed by atoms with E-state index in [1.54, 1.807) is 26.8 Å². The molecule has 10 heteroatoms. The lowest BCUT2D eigenvalue weighted by Crippen LogP contribution is -2.76. The minimum absolute atomic E-state index is 0.00352. The third-order valence-corrected chi connectivity index (χ3v) is 6.29. The van der Waals surface area contributed by atoms with E-state index < -0.39 is 39.8 Å². The SMILES string of the molecule is CN1CCN2c3ccc([N+](=O)[O-])cc3CC3(C(=O)NC(=O)N(C(C)(C)C)C3=O)C2C1. The van der Waals surface area contributed by atoms with Gasteiger partial charge in [-0.1, -0.05) is 0 Å². The molecule has 3 aliphatic heterocycles. The molecule has 3 aliphatic rings. The fourth-order valence-corrected chi connectivity index (χ4v) is 4.87. The Hall–Kier alpha value is -3.01. The number of imide groups is 2. The van der Waals surface area contributed by atoms with Crippen molar-refractivity contribution in [3.63, 3.8) is 0 Å². The van der Waals surface area contributed by atoms with Gasteiger partial charge in [0.2, 0.25) is 11.8 Å². The topological polar surface area (TPSA) is 116 Å². The quantitative estimate of drug-likeness (QED) is 0.415. The monoisotopic (exact) mass is 415 g/mol. The Bertz CT molecular complexity index is 971. The number of amides is 4. The number of barbiturate groups is 1. The standard InChI is InChI=1S/C20H25N5O5/c1-19(2,3)24-17(27)20(16(26)21-18(24)28)10-12-9-13(25(29)30)5-6-14(12)23-8-7-22(4)11-15(20)23/h5-6,9,15H,7-8,10-11H2,1-4H3,(H,21,26,28). The van der Waals surface area contributed by atoms with Gasteiger partial charge >= 0.3 is 6.03 Å². The Balaban J connectivity index is 1.91. The summed E-state index contributed by atoms with van der Waals surface area (Å²) < 4.78 is 0. The Morgan fingerprint density at radius 1 is 1.20 bits per heavy atom. The first-order chi connectivity index (χ1) is 14.0. The lowest BCUT2D eigenvalue weighted by Gasteiger charge is -2.56. The fourth-order valence-electron chi connectivity index (χ4n) is 4.87. The van der Waals surface area contributed by atoms with E-state index in [4.69, 9.17) is 0 Å². The molecule has 0 radical (unpaired) electrons. The molecule has 2 atom stereocenters. The molecule has 1 aromatic carbocycles. The maximum Gasteiger partial charge on any atom is 0.331 e. The summed E-state index contributed by atoms with van der Waals surface area (Å²) in [7, 11) is 1.92. The molecule has 0 saturated carbocycles. The zero-order chi connectivity index (χ0) is 22.0. The van der Waals surface area contributed by atoms with E-state index in [1.165, 1.54) is 12.1 Å².